The minimum atomic E-state index is -0.315. The third-order valence-corrected chi connectivity index (χ3v) is 5.88. The third kappa shape index (κ3) is 3.62. The number of amides is 3. The molecule has 6 nitrogen and oxygen atoms in total. The number of nitrogens with zero attached hydrogens (tertiary/aromatic N) is 1. The Morgan fingerprint density at radius 3 is 2.59 bits per heavy atom. The van der Waals surface area contributed by atoms with Crippen molar-refractivity contribution in [3.8, 4) is 5.75 Å². The van der Waals surface area contributed by atoms with Gasteiger partial charge < -0.3 is 10.1 Å². The number of carbonyl (C=O) groups excluding carboxylic acids is 3. The minimum absolute atomic E-state index is 0.141. The van der Waals surface area contributed by atoms with Gasteiger partial charge in [-0.3, -0.25) is 19.3 Å². The first kappa shape index (κ1) is 19.2. The number of imide groups is 1. The fourth-order valence-electron chi connectivity index (χ4n) is 4.33. The lowest BCUT2D eigenvalue weighted by atomic mass is 9.76. The standard InChI is InChI=1S/C23H24N2O4/c1-14-9-10-19-20(11-14)23(28)25(22(19)27)17-7-3-5-15(12-17)21(26)24-16-6-4-8-18(13-16)29-2/h3-8,12-14,19-20H,9-11H2,1-2H3,(H,24,26)/t14-,19+,20+/m0/s1. The largest absolute Gasteiger partial charge is 0.497 e. The molecule has 0 aromatic heterocycles. The maximum atomic E-state index is 12.9. The van der Waals surface area contributed by atoms with E-state index in [4.69, 9.17) is 4.74 Å². The van der Waals surface area contributed by atoms with E-state index < -0.39 is 0 Å². The molecule has 1 heterocycles. The first-order chi connectivity index (χ1) is 14.0. The van der Waals surface area contributed by atoms with E-state index in [1.54, 1.807) is 55.6 Å². The zero-order valence-electron chi connectivity index (χ0n) is 16.6. The SMILES string of the molecule is COc1cccc(NC(=O)c2cccc(N3C(=O)[C@@H]4CC[C@H](C)C[C@H]4C3=O)c2)c1. The summed E-state index contributed by atoms with van der Waals surface area (Å²) in [5.41, 5.74) is 1.45. The topological polar surface area (TPSA) is 75.7 Å². The molecule has 2 aromatic rings. The molecule has 3 atom stereocenters. The van der Waals surface area contributed by atoms with Gasteiger partial charge in [-0.1, -0.05) is 19.1 Å². The summed E-state index contributed by atoms with van der Waals surface area (Å²) in [7, 11) is 1.56. The highest BCUT2D eigenvalue weighted by Gasteiger charge is 2.50. The summed E-state index contributed by atoms with van der Waals surface area (Å²) < 4.78 is 5.17. The van der Waals surface area contributed by atoms with Crippen molar-refractivity contribution < 1.29 is 19.1 Å². The number of methoxy groups -OCH3 is 1. The van der Waals surface area contributed by atoms with Crippen LogP contribution in [0.25, 0.3) is 0 Å². The molecule has 1 saturated heterocycles. The molecule has 1 aliphatic heterocycles. The van der Waals surface area contributed by atoms with Crippen LogP contribution in [0.4, 0.5) is 11.4 Å². The van der Waals surface area contributed by atoms with E-state index in [0.717, 1.165) is 19.3 Å². The number of benzene rings is 2. The summed E-state index contributed by atoms with van der Waals surface area (Å²) in [4.78, 5) is 39.8. The van der Waals surface area contributed by atoms with Crippen LogP contribution in [0.2, 0.25) is 0 Å². The number of nitrogens with one attached hydrogen (secondary N) is 1. The molecule has 6 heteroatoms. The number of hydrogen-bond donors (Lipinski definition) is 1. The van der Waals surface area contributed by atoms with E-state index in [1.807, 2.05) is 0 Å². The molecule has 29 heavy (non-hydrogen) atoms. The Morgan fingerprint density at radius 1 is 1.03 bits per heavy atom. The van der Waals surface area contributed by atoms with Crippen molar-refractivity contribution >= 4 is 29.1 Å². The third-order valence-electron chi connectivity index (χ3n) is 5.88. The Morgan fingerprint density at radius 2 is 1.79 bits per heavy atom. The summed E-state index contributed by atoms with van der Waals surface area (Å²) in [6, 6.07) is 13.7. The molecular weight excluding hydrogens is 368 g/mol. The molecule has 2 aliphatic rings. The average molecular weight is 392 g/mol. The van der Waals surface area contributed by atoms with Gasteiger partial charge in [-0.2, -0.15) is 0 Å². The van der Waals surface area contributed by atoms with Crippen LogP contribution in [-0.2, 0) is 9.59 Å². The van der Waals surface area contributed by atoms with Crippen molar-refractivity contribution in [1.82, 2.24) is 0 Å². The highest BCUT2D eigenvalue weighted by atomic mass is 16.5. The Hall–Kier alpha value is -3.15. The summed E-state index contributed by atoms with van der Waals surface area (Å²) >= 11 is 0. The fraction of sp³-hybridized carbons (Fsp3) is 0.348. The van der Waals surface area contributed by atoms with Gasteiger partial charge in [0.2, 0.25) is 11.8 Å². The lowest BCUT2D eigenvalue weighted by molar-refractivity contribution is -0.122. The van der Waals surface area contributed by atoms with Crippen molar-refractivity contribution in [3.63, 3.8) is 0 Å². The van der Waals surface area contributed by atoms with Gasteiger partial charge >= 0.3 is 0 Å². The Balaban J connectivity index is 1.56. The monoisotopic (exact) mass is 392 g/mol. The summed E-state index contributed by atoms with van der Waals surface area (Å²) in [5, 5.41) is 2.82. The van der Waals surface area contributed by atoms with Crippen LogP contribution in [0.15, 0.2) is 48.5 Å². The zero-order chi connectivity index (χ0) is 20.5. The van der Waals surface area contributed by atoms with Crippen LogP contribution >= 0.6 is 0 Å². The molecular formula is C23H24N2O4. The Bertz CT molecular complexity index is 971. The van der Waals surface area contributed by atoms with Crippen LogP contribution in [0, 0.1) is 17.8 Å². The lowest BCUT2D eigenvalue weighted by Crippen LogP contribution is -2.31. The maximum Gasteiger partial charge on any atom is 0.255 e. The maximum absolute atomic E-state index is 12.9. The summed E-state index contributed by atoms with van der Waals surface area (Å²) in [5.74, 6) is 0.0300. The fourth-order valence-corrected chi connectivity index (χ4v) is 4.33. The number of anilines is 2. The molecule has 1 aliphatic carbocycles. The number of carbonyl (C=O) groups is 3. The predicted octanol–water partition coefficient (Wildman–Crippen LogP) is 3.87. The van der Waals surface area contributed by atoms with Crippen LogP contribution < -0.4 is 15.0 Å². The number of hydrogen-bond acceptors (Lipinski definition) is 4. The zero-order valence-corrected chi connectivity index (χ0v) is 16.6. The van der Waals surface area contributed by atoms with E-state index in [0.29, 0.717) is 28.6 Å². The van der Waals surface area contributed by atoms with E-state index in [1.165, 1.54) is 4.90 Å². The van der Waals surface area contributed by atoms with E-state index >= 15 is 0 Å². The summed E-state index contributed by atoms with van der Waals surface area (Å²) in [6.07, 6.45) is 2.47. The van der Waals surface area contributed by atoms with Crippen molar-refractivity contribution in [1.29, 1.82) is 0 Å². The van der Waals surface area contributed by atoms with Gasteiger partial charge in [0.25, 0.3) is 5.91 Å². The van der Waals surface area contributed by atoms with Crippen LogP contribution in [0.5, 0.6) is 5.75 Å². The van der Waals surface area contributed by atoms with E-state index in [2.05, 4.69) is 12.2 Å². The predicted molar refractivity (Wildman–Crippen MR) is 110 cm³/mol. The highest BCUT2D eigenvalue weighted by Crippen LogP contribution is 2.42. The molecule has 150 valence electrons. The van der Waals surface area contributed by atoms with Crippen LogP contribution in [0.3, 0.4) is 0 Å². The molecule has 0 bridgehead atoms. The number of rotatable bonds is 4. The molecule has 1 saturated carbocycles. The second kappa shape index (κ2) is 7.70. The van der Waals surface area contributed by atoms with Crippen molar-refractivity contribution in [2.45, 2.75) is 26.2 Å². The molecule has 3 amide bonds. The molecule has 0 spiro atoms. The second-order valence-corrected chi connectivity index (χ2v) is 7.88. The molecule has 2 aromatic carbocycles. The molecule has 0 radical (unpaired) electrons. The van der Waals surface area contributed by atoms with Crippen LogP contribution in [0.1, 0.15) is 36.5 Å². The van der Waals surface area contributed by atoms with Gasteiger partial charge in [-0.05, 0) is 55.5 Å². The van der Waals surface area contributed by atoms with E-state index in [-0.39, 0.29) is 29.6 Å². The first-order valence-electron chi connectivity index (χ1n) is 9.91. The van der Waals surface area contributed by atoms with Gasteiger partial charge in [-0.25, -0.2) is 0 Å². The minimum Gasteiger partial charge on any atom is -0.497 e. The number of ether oxygens (including phenoxy) is 1. The van der Waals surface area contributed by atoms with E-state index in [9.17, 15) is 14.4 Å². The molecule has 0 unspecified atom stereocenters. The normalized spacial score (nSPS) is 23.7. The molecule has 1 N–H and O–H groups in total. The van der Waals surface area contributed by atoms with Crippen LogP contribution in [-0.4, -0.2) is 24.8 Å². The second-order valence-electron chi connectivity index (χ2n) is 7.88. The first-order valence-corrected chi connectivity index (χ1v) is 9.91. The average Bonchev–Trinajstić information content (AvgIpc) is 2.98. The van der Waals surface area contributed by atoms with Gasteiger partial charge in [0.1, 0.15) is 5.75 Å². The van der Waals surface area contributed by atoms with Crippen molar-refractivity contribution in [2.24, 2.45) is 17.8 Å². The molecule has 2 fully saturated rings. The Kier molecular flexibility index (Phi) is 5.09. The smallest absolute Gasteiger partial charge is 0.255 e. The summed E-state index contributed by atoms with van der Waals surface area (Å²) in [6.45, 7) is 2.13. The lowest BCUT2D eigenvalue weighted by Gasteiger charge is -2.25. The molecule has 4 rings (SSSR count). The van der Waals surface area contributed by atoms with Gasteiger partial charge in [0.15, 0.2) is 0 Å². The van der Waals surface area contributed by atoms with Gasteiger partial charge in [0, 0.05) is 17.3 Å². The quantitative estimate of drug-likeness (QED) is 0.802. The van der Waals surface area contributed by atoms with Crippen molar-refractivity contribution in [3.05, 3.63) is 54.1 Å². The van der Waals surface area contributed by atoms with Crippen molar-refractivity contribution in [2.75, 3.05) is 17.3 Å². The highest BCUT2D eigenvalue weighted by molar-refractivity contribution is 6.22. The van der Waals surface area contributed by atoms with Gasteiger partial charge in [0.05, 0.1) is 24.6 Å². The Labute approximate surface area is 169 Å². The van der Waals surface area contributed by atoms with Gasteiger partial charge in [-0.15, -0.1) is 0 Å². The number of fused-ring (bicyclic) bond motifs is 1.